The summed E-state index contributed by atoms with van der Waals surface area (Å²) in [5, 5.41) is 11.2. The first-order chi connectivity index (χ1) is 10.8. The van der Waals surface area contributed by atoms with Gasteiger partial charge in [-0.3, -0.25) is 4.79 Å². The summed E-state index contributed by atoms with van der Waals surface area (Å²) in [6, 6.07) is 5.56. The van der Waals surface area contributed by atoms with Crippen LogP contribution in [0.1, 0.15) is 30.1 Å². The van der Waals surface area contributed by atoms with Gasteiger partial charge in [0.1, 0.15) is 0 Å². The number of methoxy groups -OCH3 is 1. The van der Waals surface area contributed by atoms with Crippen LogP contribution in [-0.2, 0) is 19.4 Å². The maximum absolute atomic E-state index is 12.0. The molecule has 0 saturated heterocycles. The molecule has 2 N–H and O–H groups in total. The molecule has 0 fully saturated rings. The number of nitrogens with one attached hydrogen (secondary N) is 1. The van der Waals surface area contributed by atoms with Crippen molar-refractivity contribution in [3.63, 3.8) is 0 Å². The third-order valence-corrected chi connectivity index (χ3v) is 5.07. The molecule has 1 unspecified atom stereocenters. The zero-order chi connectivity index (χ0) is 17.5. The monoisotopic (exact) mass is 343 g/mol. The van der Waals surface area contributed by atoms with Crippen molar-refractivity contribution < 1.29 is 27.9 Å². The molecule has 1 aromatic rings. The van der Waals surface area contributed by atoms with E-state index in [1.807, 2.05) is 6.92 Å². The number of carboxylic acids is 1. The van der Waals surface area contributed by atoms with Gasteiger partial charge in [-0.05, 0) is 30.7 Å². The number of ether oxygens (including phenoxy) is 1. The lowest BCUT2D eigenvalue weighted by Crippen LogP contribution is -2.37. The molecule has 0 aliphatic carbocycles. The van der Waals surface area contributed by atoms with Crippen molar-refractivity contribution >= 4 is 21.7 Å². The maximum atomic E-state index is 12.0. The van der Waals surface area contributed by atoms with Crippen molar-refractivity contribution in [1.29, 1.82) is 0 Å². The molecule has 1 amide bonds. The van der Waals surface area contributed by atoms with Crippen LogP contribution in [0.2, 0.25) is 0 Å². The van der Waals surface area contributed by atoms with Crippen molar-refractivity contribution in [3.8, 4) is 0 Å². The summed E-state index contributed by atoms with van der Waals surface area (Å²) in [6.45, 7) is 1.73. The summed E-state index contributed by atoms with van der Waals surface area (Å²) in [5.41, 5.74) is 0.250. The van der Waals surface area contributed by atoms with E-state index >= 15 is 0 Å². The van der Waals surface area contributed by atoms with Gasteiger partial charge in [0.15, 0.2) is 15.9 Å². The van der Waals surface area contributed by atoms with E-state index in [-0.39, 0.29) is 22.8 Å². The molecular formula is C15H21NO6S. The second-order valence-electron chi connectivity index (χ2n) is 4.97. The molecular weight excluding hydrogens is 322 g/mol. The Morgan fingerprint density at radius 1 is 1.26 bits per heavy atom. The molecule has 0 heterocycles. The van der Waals surface area contributed by atoms with E-state index in [0.29, 0.717) is 6.42 Å². The van der Waals surface area contributed by atoms with Crippen molar-refractivity contribution in [1.82, 2.24) is 5.32 Å². The number of hydrogen-bond acceptors (Lipinski definition) is 5. The molecule has 1 atom stereocenters. The van der Waals surface area contributed by atoms with Gasteiger partial charge in [-0.2, -0.15) is 0 Å². The van der Waals surface area contributed by atoms with E-state index < -0.39 is 27.8 Å². The average molecular weight is 343 g/mol. The fourth-order valence-corrected chi connectivity index (χ4v) is 3.28. The summed E-state index contributed by atoms with van der Waals surface area (Å²) in [5.74, 6) is -1.60. The van der Waals surface area contributed by atoms with E-state index in [1.54, 1.807) is 0 Å². The van der Waals surface area contributed by atoms with Crippen molar-refractivity contribution in [2.45, 2.75) is 30.8 Å². The largest absolute Gasteiger partial charge is 0.479 e. The van der Waals surface area contributed by atoms with Gasteiger partial charge in [-0.15, -0.1) is 0 Å². The molecule has 0 aromatic heterocycles. The average Bonchev–Trinajstić information content (AvgIpc) is 2.53. The van der Waals surface area contributed by atoms with Crippen LogP contribution in [0, 0.1) is 0 Å². The minimum absolute atomic E-state index is 0.0726. The highest BCUT2D eigenvalue weighted by Gasteiger charge is 2.18. The summed E-state index contributed by atoms with van der Waals surface area (Å²) in [7, 11) is -2.10. The van der Waals surface area contributed by atoms with Crippen LogP contribution in [0.4, 0.5) is 0 Å². The number of carbonyl (C=O) groups excluding carboxylic acids is 1. The minimum atomic E-state index is -3.34. The van der Waals surface area contributed by atoms with E-state index in [9.17, 15) is 18.0 Å². The van der Waals surface area contributed by atoms with Gasteiger partial charge < -0.3 is 15.2 Å². The molecule has 0 saturated carbocycles. The second-order valence-corrected chi connectivity index (χ2v) is 7.08. The number of sulfone groups is 1. The van der Waals surface area contributed by atoms with Gasteiger partial charge in [0, 0.05) is 12.7 Å². The zero-order valence-corrected chi connectivity index (χ0v) is 13.9. The highest BCUT2D eigenvalue weighted by atomic mass is 32.2. The minimum Gasteiger partial charge on any atom is -0.479 e. The van der Waals surface area contributed by atoms with Gasteiger partial charge in [0.25, 0.3) is 5.91 Å². The number of carboxylic acid groups (broad SMARTS) is 1. The first-order valence-electron chi connectivity index (χ1n) is 7.18. The Balaban J connectivity index is 2.73. The maximum Gasteiger partial charge on any atom is 0.334 e. The Hall–Kier alpha value is -1.93. The molecule has 7 nitrogen and oxygen atoms in total. The number of hydrogen-bond donors (Lipinski definition) is 2. The first kappa shape index (κ1) is 19.1. The molecule has 1 rings (SSSR count). The standard InChI is InChI=1S/C15H21NO6S/c1-3-4-9-23(20,21)12-7-5-11(6-8-12)14(17)16-10-13(22-2)15(18)19/h5-8,13H,3-4,9-10H2,1-2H3,(H,16,17)(H,18,19). The summed E-state index contributed by atoms with van der Waals surface area (Å²) >= 11 is 0. The Kier molecular flexibility index (Phi) is 7.18. The fraction of sp³-hybridized carbons (Fsp3) is 0.467. The van der Waals surface area contributed by atoms with Crippen LogP contribution in [-0.4, -0.2) is 50.9 Å². The number of amides is 1. The van der Waals surface area contributed by atoms with Crippen LogP contribution < -0.4 is 5.32 Å². The number of unbranched alkanes of at least 4 members (excludes halogenated alkanes) is 1. The number of rotatable bonds is 9. The van der Waals surface area contributed by atoms with Gasteiger partial charge >= 0.3 is 5.97 Å². The Morgan fingerprint density at radius 2 is 1.87 bits per heavy atom. The van der Waals surface area contributed by atoms with E-state index in [1.165, 1.54) is 31.4 Å². The smallest absolute Gasteiger partial charge is 0.334 e. The molecule has 0 aliphatic heterocycles. The lowest BCUT2D eigenvalue weighted by Gasteiger charge is -2.11. The van der Waals surface area contributed by atoms with Gasteiger partial charge in [-0.25, -0.2) is 13.2 Å². The Labute approximate surface area is 135 Å². The lowest BCUT2D eigenvalue weighted by molar-refractivity contribution is -0.148. The molecule has 0 spiro atoms. The fourth-order valence-electron chi connectivity index (χ4n) is 1.82. The Bertz CT molecular complexity index is 638. The molecule has 0 radical (unpaired) electrons. The van der Waals surface area contributed by atoms with E-state index in [4.69, 9.17) is 9.84 Å². The number of aliphatic carboxylic acids is 1. The summed E-state index contributed by atoms with van der Waals surface area (Å²) < 4.78 is 28.7. The molecule has 23 heavy (non-hydrogen) atoms. The predicted octanol–water partition coefficient (Wildman–Crippen LogP) is 1.09. The number of carbonyl (C=O) groups is 2. The van der Waals surface area contributed by atoms with Crippen LogP contribution in [0.25, 0.3) is 0 Å². The topological polar surface area (TPSA) is 110 Å². The normalized spacial score (nSPS) is 12.6. The lowest BCUT2D eigenvalue weighted by atomic mass is 10.2. The van der Waals surface area contributed by atoms with E-state index in [0.717, 1.165) is 6.42 Å². The van der Waals surface area contributed by atoms with Gasteiger partial charge in [0.05, 0.1) is 17.2 Å². The summed E-state index contributed by atoms with van der Waals surface area (Å²) in [4.78, 5) is 22.9. The van der Waals surface area contributed by atoms with Crippen LogP contribution in [0.15, 0.2) is 29.2 Å². The quantitative estimate of drug-likeness (QED) is 0.694. The van der Waals surface area contributed by atoms with Gasteiger partial charge in [-0.1, -0.05) is 13.3 Å². The van der Waals surface area contributed by atoms with Crippen molar-refractivity contribution in [3.05, 3.63) is 29.8 Å². The molecule has 0 aliphatic rings. The second kappa shape index (κ2) is 8.64. The first-order valence-corrected chi connectivity index (χ1v) is 8.83. The highest BCUT2D eigenvalue weighted by Crippen LogP contribution is 2.14. The SMILES string of the molecule is CCCCS(=O)(=O)c1ccc(C(=O)NCC(OC)C(=O)O)cc1. The number of benzene rings is 1. The molecule has 1 aromatic carbocycles. The molecule has 0 bridgehead atoms. The van der Waals surface area contributed by atoms with E-state index in [2.05, 4.69) is 5.32 Å². The van der Waals surface area contributed by atoms with Crippen LogP contribution >= 0.6 is 0 Å². The predicted molar refractivity (Wildman–Crippen MR) is 84.2 cm³/mol. The van der Waals surface area contributed by atoms with Crippen molar-refractivity contribution in [2.75, 3.05) is 19.4 Å². The van der Waals surface area contributed by atoms with Gasteiger partial charge in [0.2, 0.25) is 0 Å². The third kappa shape index (κ3) is 5.65. The third-order valence-electron chi connectivity index (χ3n) is 3.25. The molecule has 8 heteroatoms. The van der Waals surface area contributed by atoms with Crippen molar-refractivity contribution in [2.24, 2.45) is 0 Å². The highest BCUT2D eigenvalue weighted by molar-refractivity contribution is 7.91. The van der Waals surface area contributed by atoms with Crippen LogP contribution in [0.3, 0.4) is 0 Å². The Morgan fingerprint density at radius 3 is 2.35 bits per heavy atom. The molecule has 128 valence electrons. The van der Waals surface area contributed by atoms with Crippen LogP contribution in [0.5, 0.6) is 0 Å². The summed E-state index contributed by atoms with van der Waals surface area (Å²) in [6.07, 6.45) is 0.231. The zero-order valence-electron chi connectivity index (χ0n) is 13.1.